The fourth-order valence-corrected chi connectivity index (χ4v) is 4.98. The van der Waals surface area contributed by atoms with Crippen molar-refractivity contribution in [3.05, 3.63) is 63.6 Å². The highest BCUT2D eigenvalue weighted by molar-refractivity contribution is 7.92. The van der Waals surface area contributed by atoms with Crippen molar-refractivity contribution < 1.29 is 18.0 Å². The van der Waals surface area contributed by atoms with E-state index in [2.05, 4.69) is 5.32 Å². The van der Waals surface area contributed by atoms with E-state index in [1.165, 1.54) is 17.0 Å². The van der Waals surface area contributed by atoms with Crippen LogP contribution < -0.4 is 9.62 Å². The number of benzene rings is 2. The summed E-state index contributed by atoms with van der Waals surface area (Å²) in [5.41, 5.74) is 2.22. The first-order chi connectivity index (χ1) is 15.9. The number of likely N-dealkylation sites (N-methyl/N-ethyl adjacent to an activating group) is 1. The molecule has 0 saturated carbocycles. The lowest BCUT2D eigenvalue weighted by molar-refractivity contribution is -0.140. The Balaban J connectivity index is 2.19. The summed E-state index contributed by atoms with van der Waals surface area (Å²) < 4.78 is 26.0. The van der Waals surface area contributed by atoms with E-state index >= 15 is 0 Å². The summed E-state index contributed by atoms with van der Waals surface area (Å²) in [5.74, 6) is -0.488. The zero-order valence-electron chi connectivity index (χ0n) is 19.8. The second-order valence-corrected chi connectivity index (χ2v) is 10.9. The predicted octanol–water partition coefficient (Wildman–Crippen LogP) is 4.40. The van der Waals surface area contributed by atoms with Crippen LogP contribution in [-0.4, -0.2) is 50.5 Å². The van der Waals surface area contributed by atoms with Gasteiger partial charge in [-0.05, 0) is 51.0 Å². The van der Waals surface area contributed by atoms with Crippen molar-refractivity contribution in [3.8, 4) is 0 Å². The Labute approximate surface area is 212 Å². The summed E-state index contributed by atoms with van der Waals surface area (Å²) in [7, 11) is -3.66. The van der Waals surface area contributed by atoms with E-state index < -0.39 is 16.1 Å². The van der Waals surface area contributed by atoms with E-state index in [4.69, 9.17) is 23.2 Å². The Bertz CT molecular complexity index is 1120. The lowest BCUT2D eigenvalue weighted by Crippen LogP contribution is -2.47. The maximum atomic E-state index is 13.2. The van der Waals surface area contributed by atoms with Gasteiger partial charge in [-0.15, -0.1) is 0 Å². The Morgan fingerprint density at radius 2 is 1.82 bits per heavy atom. The van der Waals surface area contributed by atoms with Gasteiger partial charge >= 0.3 is 0 Å². The van der Waals surface area contributed by atoms with Crippen LogP contribution >= 0.6 is 23.2 Å². The minimum Gasteiger partial charge on any atom is -0.355 e. The van der Waals surface area contributed by atoms with E-state index in [0.717, 1.165) is 21.7 Å². The molecule has 0 bridgehead atoms. The molecule has 0 saturated heterocycles. The number of hydrogen-bond acceptors (Lipinski definition) is 4. The van der Waals surface area contributed by atoms with E-state index in [0.29, 0.717) is 11.6 Å². The summed E-state index contributed by atoms with van der Waals surface area (Å²) in [5, 5.41) is 3.35. The Morgan fingerprint density at radius 3 is 2.44 bits per heavy atom. The smallest absolute Gasteiger partial charge is 0.242 e. The topological polar surface area (TPSA) is 86.8 Å². The fraction of sp³-hybridized carbons (Fsp3) is 0.417. The van der Waals surface area contributed by atoms with Gasteiger partial charge in [0, 0.05) is 31.1 Å². The lowest BCUT2D eigenvalue weighted by atomic mass is 10.1. The van der Waals surface area contributed by atoms with Gasteiger partial charge in [0.25, 0.3) is 0 Å². The number of sulfonamides is 1. The zero-order chi connectivity index (χ0) is 25.5. The molecule has 10 heteroatoms. The molecule has 0 aliphatic heterocycles. The molecular formula is C24H31Cl2N3O4S. The van der Waals surface area contributed by atoms with E-state index in [9.17, 15) is 18.0 Å². The van der Waals surface area contributed by atoms with Gasteiger partial charge in [-0.2, -0.15) is 0 Å². The van der Waals surface area contributed by atoms with Crippen molar-refractivity contribution in [2.24, 2.45) is 0 Å². The van der Waals surface area contributed by atoms with Crippen LogP contribution in [-0.2, 0) is 26.2 Å². The summed E-state index contributed by atoms with van der Waals surface area (Å²) in [6.07, 6.45) is 1.37. The lowest BCUT2D eigenvalue weighted by Gasteiger charge is -2.29. The number of nitrogens with zero attached hydrogens (tertiary/aromatic N) is 2. The monoisotopic (exact) mass is 527 g/mol. The molecule has 0 fully saturated rings. The highest BCUT2D eigenvalue weighted by Gasteiger charge is 2.26. The zero-order valence-corrected chi connectivity index (χ0v) is 22.2. The maximum Gasteiger partial charge on any atom is 0.242 e. The molecule has 186 valence electrons. The third kappa shape index (κ3) is 7.89. The molecule has 0 spiro atoms. The highest BCUT2D eigenvalue weighted by Crippen LogP contribution is 2.31. The molecule has 34 heavy (non-hydrogen) atoms. The molecule has 2 rings (SSSR count). The van der Waals surface area contributed by atoms with Crippen molar-refractivity contribution in [3.63, 3.8) is 0 Å². The van der Waals surface area contributed by atoms with Crippen molar-refractivity contribution in [1.82, 2.24) is 10.2 Å². The first-order valence-electron chi connectivity index (χ1n) is 11.0. The Hall–Kier alpha value is -2.29. The van der Waals surface area contributed by atoms with Gasteiger partial charge in [-0.3, -0.25) is 13.9 Å². The Kier molecular flexibility index (Phi) is 10.2. The number of halogens is 2. The number of nitrogens with one attached hydrogen (secondary N) is 1. The second kappa shape index (κ2) is 12.4. The SMILES string of the molecule is CCNC(=O)[C@@H](C)N(Cc1cccc(C)c1)C(=O)CCCN(c1cc(Cl)ccc1Cl)S(C)(=O)=O. The molecule has 1 atom stereocenters. The maximum absolute atomic E-state index is 13.2. The van der Waals surface area contributed by atoms with Gasteiger partial charge in [-0.1, -0.05) is 53.0 Å². The molecule has 0 aliphatic carbocycles. The molecular weight excluding hydrogens is 497 g/mol. The second-order valence-electron chi connectivity index (χ2n) is 8.12. The van der Waals surface area contributed by atoms with Crippen LogP contribution in [0.25, 0.3) is 0 Å². The number of carbonyl (C=O) groups excluding carboxylic acids is 2. The number of anilines is 1. The number of amides is 2. The number of aryl methyl sites for hydroxylation is 1. The largest absolute Gasteiger partial charge is 0.355 e. The fourth-order valence-electron chi connectivity index (χ4n) is 3.57. The predicted molar refractivity (Wildman–Crippen MR) is 138 cm³/mol. The van der Waals surface area contributed by atoms with E-state index in [-0.39, 0.29) is 48.5 Å². The molecule has 2 amide bonds. The van der Waals surface area contributed by atoms with Gasteiger partial charge in [0.2, 0.25) is 21.8 Å². The molecule has 2 aromatic carbocycles. The third-order valence-electron chi connectivity index (χ3n) is 5.28. The molecule has 2 aromatic rings. The molecule has 0 aliphatic rings. The van der Waals surface area contributed by atoms with Crippen LogP contribution in [0.2, 0.25) is 10.0 Å². The third-order valence-corrected chi connectivity index (χ3v) is 7.02. The summed E-state index contributed by atoms with van der Waals surface area (Å²) in [6, 6.07) is 11.6. The minimum atomic E-state index is -3.66. The number of carbonyl (C=O) groups is 2. The van der Waals surface area contributed by atoms with Crippen LogP contribution in [0.1, 0.15) is 37.8 Å². The van der Waals surface area contributed by atoms with Crippen LogP contribution in [0.5, 0.6) is 0 Å². The summed E-state index contributed by atoms with van der Waals surface area (Å²) >= 11 is 12.3. The van der Waals surface area contributed by atoms with Gasteiger partial charge in [-0.25, -0.2) is 8.42 Å². The molecule has 7 nitrogen and oxygen atoms in total. The summed E-state index contributed by atoms with van der Waals surface area (Å²) in [4.78, 5) is 27.2. The molecule has 0 heterocycles. The van der Waals surface area contributed by atoms with E-state index in [1.807, 2.05) is 38.1 Å². The van der Waals surface area contributed by atoms with Gasteiger partial charge in [0.1, 0.15) is 6.04 Å². The van der Waals surface area contributed by atoms with Crippen molar-refractivity contribution in [2.75, 3.05) is 23.7 Å². The minimum absolute atomic E-state index is 0.0401. The van der Waals surface area contributed by atoms with E-state index in [1.54, 1.807) is 13.0 Å². The average molecular weight is 529 g/mol. The Morgan fingerprint density at radius 1 is 1.12 bits per heavy atom. The molecule has 0 unspecified atom stereocenters. The van der Waals surface area contributed by atoms with Gasteiger partial charge in [0.05, 0.1) is 17.0 Å². The van der Waals surface area contributed by atoms with Crippen LogP contribution in [0.3, 0.4) is 0 Å². The highest BCUT2D eigenvalue weighted by atomic mass is 35.5. The molecule has 0 aromatic heterocycles. The average Bonchev–Trinajstić information content (AvgIpc) is 2.75. The van der Waals surface area contributed by atoms with Crippen LogP contribution in [0.4, 0.5) is 5.69 Å². The molecule has 1 N–H and O–H groups in total. The standard InChI is InChI=1S/C24H31Cl2N3O4S/c1-5-27-24(31)18(3)28(16-19-9-6-8-17(2)14-19)23(30)10-7-13-29(34(4,32)33)22-15-20(25)11-12-21(22)26/h6,8-9,11-12,14-15,18H,5,7,10,13,16H2,1-4H3,(H,27,31)/t18-/m1/s1. The quantitative estimate of drug-likeness (QED) is 0.469. The van der Waals surface area contributed by atoms with Crippen molar-refractivity contribution >= 4 is 50.7 Å². The van der Waals surface area contributed by atoms with Gasteiger partial charge in [0.15, 0.2) is 0 Å². The number of hydrogen-bond donors (Lipinski definition) is 1. The molecule has 0 radical (unpaired) electrons. The summed E-state index contributed by atoms with van der Waals surface area (Å²) in [6.45, 7) is 6.24. The van der Waals surface area contributed by atoms with Crippen molar-refractivity contribution in [1.29, 1.82) is 0 Å². The van der Waals surface area contributed by atoms with Gasteiger partial charge < -0.3 is 10.2 Å². The normalized spacial score (nSPS) is 12.2. The first-order valence-corrected chi connectivity index (χ1v) is 13.6. The van der Waals surface area contributed by atoms with Crippen LogP contribution in [0, 0.1) is 6.92 Å². The van der Waals surface area contributed by atoms with Crippen molar-refractivity contribution in [2.45, 2.75) is 46.2 Å². The number of rotatable bonds is 11. The first kappa shape index (κ1) is 28.0. The van der Waals surface area contributed by atoms with Crippen LogP contribution in [0.15, 0.2) is 42.5 Å².